The molecule has 0 nitrogen and oxygen atoms in total. The Morgan fingerprint density at radius 1 is 0.473 bits per heavy atom. The van der Waals surface area contributed by atoms with Crippen molar-refractivity contribution in [2.75, 3.05) is 0 Å². The largest absolute Gasteiger partial charge is 0.143 e. The lowest BCUT2D eigenvalue weighted by molar-refractivity contribution is 1.25. The summed E-state index contributed by atoms with van der Waals surface area (Å²) in [4.78, 5) is 0.963. The van der Waals surface area contributed by atoms with Crippen molar-refractivity contribution < 1.29 is 0 Å². The van der Waals surface area contributed by atoms with Gasteiger partial charge in [-0.2, -0.15) is 0 Å². The van der Waals surface area contributed by atoms with Crippen molar-refractivity contribution in [3.63, 3.8) is 0 Å². The molecule has 0 atom stereocenters. The second kappa shape index (κ2) is 13.9. The number of hydrogen-bond acceptors (Lipinski definition) is 3. The van der Waals surface area contributed by atoms with Gasteiger partial charge in [0.05, 0.1) is 0 Å². The summed E-state index contributed by atoms with van der Waals surface area (Å²) in [5, 5.41) is 5.37. The Labute approximate surface area is 335 Å². The lowest BCUT2D eigenvalue weighted by atomic mass is 9.85. The normalized spacial score (nSPS) is 11.6. The van der Waals surface area contributed by atoms with E-state index in [9.17, 15) is 0 Å². The second-order valence-corrected chi connectivity index (χ2v) is 16.9. The molecule has 262 valence electrons. The van der Waals surface area contributed by atoms with Crippen molar-refractivity contribution in [1.82, 2.24) is 0 Å². The van der Waals surface area contributed by atoms with Gasteiger partial charge in [-0.25, -0.2) is 0 Å². The highest BCUT2D eigenvalue weighted by Gasteiger charge is 2.19. The van der Waals surface area contributed by atoms with Gasteiger partial charge in [0.2, 0.25) is 0 Å². The first-order chi connectivity index (χ1) is 27.0. The Bertz CT molecular complexity index is 3090. The lowest BCUT2D eigenvalue weighted by Crippen LogP contribution is -1.97. The first kappa shape index (κ1) is 33.8. The van der Waals surface area contributed by atoms with Crippen molar-refractivity contribution >= 4 is 75.6 Å². The van der Waals surface area contributed by atoms with Gasteiger partial charge in [-0.05, 0) is 129 Å². The number of thiophene rings is 2. The molecule has 0 saturated heterocycles. The molecule has 0 radical (unpaired) electrons. The van der Waals surface area contributed by atoms with Gasteiger partial charge in [0.25, 0.3) is 0 Å². The highest BCUT2D eigenvalue weighted by Crippen LogP contribution is 2.47. The maximum absolute atomic E-state index is 5.14. The van der Waals surface area contributed by atoms with Crippen LogP contribution in [0.1, 0.15) is 11.1 Å². The van der Waals surface area contributed by atoms with E-state index in [4.69, 9.17) is 12.6 Å². The van der Waals surface area contributed by atoms with E-state index in [1.807, 2.05) is 28.7 Å². The number of rotatable bonds is 7. The monoisotopic (exact) mass is 756 g/mol. The molecule has 0 N–H and O–H groups in total. The van der Waals surface area contributed by atoms with Crippen LogP contribution in [-0.2, 0) is 6.42 Å². The molecule has 8 aromatic carbocycles. The van der Waals surface area contributed by atoms with Gasteiger partial charge in [-0.1, -0.05) is 115 Å². The SMILES string of the molecule is C=CCc1ccc(S)c(-c2cccc(-c3ccc4sc5ccc6sc7ccc(-c8ccccc8)cc7c6c5c4c3)c2)c1-c1cc(-c2ccccc2)ccc1C. The van der Waals surface area contributed by atoms with E-state index in [0.29, 0.717) is 0 Å². The van der Waals surface area contributed by atoms with Gasteiger partial charge < -0.3 is 0 Å². The number of thiol groups is 1. The molecule has 10 rings (SSSR count). The molecule has 3 heteroatoms. The number of benzene rings is 8. The quantitative estimate of drug-likeness (QED) is 0.121. The molecule has 0 amide bonds. The Kier molecular flexibility index (Phi) is 8.52. The highest BCUT2D eigenvalue weighted by atomic mass is 32.1. The summed E-state index contributed by atoms with van der Waals surface area (Å²) < 4.78 is 5.30. The van der Waals surface area contributed by atoms with Crippen LogP contribution in [0.5, 0.6) is 0 Å². The van der Waals surface area contributed by atoms with Crippen LogP contribution in [0, 0.1) is 6.92 Å². The van der Waals surface area contributed by atoms with E-state index < -0.39 is 0 Å². The third kappa shape index (κ3) is 5.91. The van der Waals surface area contributed by atoms with Gasteiger partial charge in [0, 0.05) is 50.8 Å². The molecule has 0 fully saturated rings. The minimum atomic E-state index is 0.769. The standard InChI is InChI=1S/C52H36S3/c1-3-11-35-20-23-44(53)50(49(35)41-29-37(19-18-32(41)2)33-12-6-4-7-13-33)40-17-10-16-36(28-40)39-22-25-46-43(31-39)52-48(55-46)27-26-47-51(52)42-30-38(21-24-45(42)54-47)34-14-8-5-9-15-34/h3-10,12-31,53H,1,11H2,2H3. The third-order valence-electron chi connectivity index (χ3n) is 10.9. The maximum atomic E-state index is 5.14. The van der Waals surface area contributed by atoms with E-state index in [1.165, 1.54) is 96.0 Å². The smallest absolute Gasteiger partial charge is 0.0362 e. The molecule has 2 aromatic heterocycles. The average molecular weight is 757 g/mol. The van der Waals surface area contributed by atoms with Crippen molar-refractivity contribution in [2.45, 2.75) is 18.2 Å². The molecule has 0 unspecified atom stereocenters. The molecule has 0 aliphatic heterocycles. The number of hydrogen-bond donors (Lipinski definition) is 1. The fourth-order valence-corrected chi connectivity index (χ4v) is 10.7. The summed E-state index contributed by atoms with van der Waals surface area (Å²) in [6.45, 7) is 6.34. The fourth-order valence-electron chi connectivity index (χ4n) is 8.24. The average Bonchev–Trinajstić information content (AvgIpc) is 3.80. The Hall–Kier alpha value is -5.71. The zero-order valence-corrected chi connectivity index (χ0v) is 32.9. The van der Waals surface area contributed by atoms with Crippen LogP contribution < -0.4 is 0 Å². The molecule has 0 saturated carbocycles. The van der Waals surface area contributed by atoms with E-state index in [2.05, 4.69) is 177 Å². The summed E-state index contributed by atoms with van der Waals surface area (Å²) in [5.41, 5.74) is 14.5. The summed E-state index contributed by atoms with van der Waals surface area (Å²) in [6, 6.07) is 60.2. The van der Waals surface area contributed by atoms with E-state index in [-0.39, 0.29) is 0 Å². The van der Waals surface area contributed by atoms with E-state index in [1.54, 1.807) is 0 Å². The van der Waals surface area contributed by atoms with Crippen LogP contribution in [0.3, 0.4) is 0 Å². The Morgan fingerprint density at radius 2 is 0.982 bits per heavy atom. The molecular weight excluding hydrogens is 721 g/mol. The molecule has 0 spiro atoms. The van der Waals surface area contributed by atoms with Crippen LogP contribution in [0.2, 0.25) is 0 Å². The predicted molar refractivity (Wildman–Crippen MR) is 245 cm³/mol. The third-order valence-corrected chi connectivity index (χ3v) is 13.6. The minimum absolute atomic E-state index is 0.769. The molecule has 2 heterocycles. The molecule has 0 aliphatic rings. The first-order valence-corrected chi connectivity index (χ1v) is 20.7. The van der Waals surface area contributed by atoms with Crippen LogP contribution in [-0.4, -0.2) is 0 Å². The number of allylic oxidation sites excluding steroid dienone is 1. The zero-order valence-electron chi connectivity index (χ0n) is 30.3. The zero-order chi connectivity index (χ0) is 37.0. The Morgan fingerprint density at radius 3 is 1.60 bits per heavy atom. The van der Waals surface area contributed by atoms with Gasteiger partial charge >= 0.3 is 0 Å². The lowest BCUT2D eigenvalue weighted by Gasteiger charge is -2.20. The molecule has 0 bridgehead atoms. The number of aryl methyl sites for hydroxylation is 1. The van der Waals surface area contributed by atoms with Crippen molar-refractivity contribution in [2.24, 2.45) is 0 Å². The van der Waals surface area contributed by atoms with Crippen molar-refractivity contribution in [1.29, 1.82) is 0 Å². The van der Waals surface area contributed by atoms with Gasteiger partial charge in [-0.15, -0.1) is 41.9 Å². The second-order valence-electron chi connectivity index (χ2n) is 14.3. The van der Waals surface area contributed by atoms with Crippen LogP contribution in [0.4, 0.5) is 0 Å². The summed E-state index contributed by atoms with van der Waals surface area (Å²) >= 11 is 8.92. The number of fused-ring (bicyclic) bond motifs is 7. The van der Waals surface area contributed by atoms with E-state index in [0.717, 1.165) is 22.4 Å². The molecule has 55 heavy (non-hydrogen) atoms. The van der Waals surface area contributed by atoms with Crippen molar-refractivity contribution in [3.8, 4) is 55.6 Å². The van der Waals surface area contributed by atoms with Crippen LogP contribution in [0.25, 0.3) is 96.0 Å². The van der Waals surface area contributed by atoms with Gasteiger partial charge in [0.15, 0.2) is 0 Å². The summed E-state index contributed by atoms with van der Waals surface area (Å²) in [5.74, 6) is 0. The highest BCUT2D eigenvalue weighted by molar-refractivity contribution is 7.80. The predicted octanol–water partition coefficient (Wildman–Crippen LogP) is 16.1. The molecule has 0 aliphatic carbocycles. The van der Waals surface area contributed by atoms with Gasteiger partial charge in [0.1, 0.15) is 0 Å². The summed E-state index contributed by atoms with van der Waals surface area (Å²) in [6.07, 6.45) is 2.77. The molecular formula is C52H36S3. The molecule has 10 aromatic rings. The maximum Gasteiger partial charge on any atom is 0.0362 e. The van der Waals surface area contributed by atoms with Crippen LogP contribution in [0.15, 0.2) is 181 Å². The minimum Gasteiger partial charge on any atom is -0.143 e. The fraction of sp³-hybridized carbons (Fsp3) is 0.0385. The van der Waals surface area contributed by atoms with Crippen LogP contribution >= 0.6 is 35.3 Å². The van der Waals surface area contributed by atoms with E-state index >= 15 is 0 Å². The Balaban J connectivity index is 1.14. The topological polar surface area (TPSA) is 0 Å². The van der Waals surface area contributed by atoms with Crippen molar-refractivity contribution in [3.05, 3.63) is 188 Å². The summed E-state index contributed by atoms with van der Waals surface area (Å²) in [7, 11) is 0. The first-order valence-electron chi connectivity index (χ1n) is 18.6. The van der Waals surface area contributed by atoms with Gasteiger partial charge in [-0.3, -0.25) is 0 Å².